The topological polar surface area (TPSA) is 17.1 Å². The summed E-state index contributed by atoms with van der Waals surface area (Å²) in [5.41, 5.74) is 5.39. The van der Waals surface area contributed by atoms with Crippen molar-refractivity contribution in [3.63, 3.8) is 0 Å². The molecule has 0 amide bonds. The number of fused-ring (bicyclic) bond motifs is 2. The van der Waals surface area contributed by atoms with Gasteiger partial charge in [0.15, 0.2) is 0 Å². The SMILES string of the molecule is CC(=O)C1(C)c2cc3c(cc2C(C)C1(C)C)CCC3. The molecule has 0 aromatic heterocycles. The van der Waals surface area contributed by atoms with Crippen molar-refractivity contribution >= 4 is 5.78 Å². The molecule has 0 heterocycles. The van der Waals surface area contributed by atoms with E-state index in [1.807, 2.05) is 0 Å². The van der Waals surface area contributed by atoms with E-state index in [2.05, 4.69) is 39.8 Å². The van der Waals surface area contributed by atoms with Crippen molar-refractivity contribution in [2.24, 2.45) is 5.41 Å². The molecule has 2 unspecified atom stereocenters. The zero-order chi connectivity index (χ0) is 14.0. The van der Waals surface area contributed by atoms with Crippen LogP contribution in [0.1, 0.15) is 69.2 Å². The minimum absolute atomic E-state index is 0.00371. The van der Waals surface area contributed by atoms with Crippen LogP contribution in [0.25, 0.3) is 0 Å². The molecule has 0 fully saturated rings. The molecule has 3 rings (SSSR count). The zero-order valence-corrected chi connectivity index (χ0v) is 12.8. The third kappa shape index (κ3) is 1.39. The smallest absolute Gasteiger partial charge is 0.140 e. The monoisotopic (exact) mass is 256 g/mol. The Morgan fingerprint density at radius 3 is 2.32 bits per heavy atom. The fourth-order valence-electron chi connectivity index (χ4n) is 4.25. The van der Waals surface area contributed by atoms with E-state index in [0.29, 0.717) is 11.7 Å². The average Bonchev–Trinajstić information content (AvgIpc) is 2.86. The highest BCUT2D eigenvalue weighted by molar-refractivity contribution is 5.90. The van der Waals surface area contributed by atoms with Crippen molar-refractivity contribution in [1.82, 2.24) is 0 Å². The van der Waals surface area contributed by atoms with Gasteiger partial charge in [-0.1, -0.05) is 32.9 Å². The summed E-state index contributed by atoms with van der Waals surface area (Å²) in [7, 11) is 0. The van der Waals surface area contributed by atoms with Crippen molar-refractivity contribution in [3.05, 3.63) is 34.4 Å². The van der Waals surface area contributed by atoms with Crippen LogP contribution in [-0.2, 0) is 23.1 Å². The summed E-state index contributed by atoms with van der Waals surface area (Å²) in [4.78, 5) is 12.4. The van der Waals surface area contributed by atoms with Gasteiger partial charge in [0.1, 0.15) is 5.78 Å². The minimum atomic E-state index is -0.334. The lowest BCUT2D eigenvalue weighted by molar-refractivity contribution is -0.125. The van der Waals surface area contributed by atoms with Crippen LogP contribution < -0.4 is 0 Å². The maximum absolute atomic E-state index is 12.4. The molecule has 19 heavy (non-hydrogen) atoms. The van der Waals surface area contributed by atoms with E-state index in [1.165, 1.54) is 41.5 Å². The fraction of sp³-hybridized carbons (Fsp3) is 0.611. The normalized spacial score (nSPS) is 31.1. The maximum Gasteiger partial charge on any atom is 0.140 e. The van der Waals surface area contributed by atoms with E-state index < -0.39 is 0 Å². The standard InChI is InChI=1S/C18H24O/c1-11-15-9-13-7-6-8-14(13)10-16(15)18(5,12(2)19)17(11,3)4/h9-11H,6-8H2,1-5H3. The molecule has 2 aliphatic rings. The van der Waals surface area contributed by atoms with Gasteiger partial charge in [-0.15, -0.1) is 0 Å². The predicted octanol–water partition coefficient (Wildman–Crippen LogP) is 4.17. The van der Waals surface area contributed by atoms with E-state index in [-0.39, 0.29) is 10.8 Å². The Morgan fingerprint density at radius 1 is 1.16 bits per heavy atom. The van der Waals surface area contributed by atoms with Gasteiger partial charge in [-0.3, -0.25) is 4.79 Å². The van der Waals surface area contributed by atoms with Gasteiger partial charge in [0, 0.05) is 0 Å². The van der Waals surface area contributed by atoms with Crippen LogP contribution in [0.5, 0.6) is 0 Å². The quantitative estimate of drug-likeness (QED) is 0.737. The number of ketones is 1. The lowest BCUT2D eigenvalue weighted by atomic mass is 9.62. The molecule has 0 N–H and O–H groups in total. The number of carbonyl (C=O) groups is 1. The van der Waals surface area contributed by atoms with Gasteiger partial charge in [0.25, 0.3) is 0 Å². The van der Waals surface area contributed by atoms with Crippen LogP contribution in [0, 0.1) is 5.41 Å². The second-order valence-corrected chi connectivity index (χ2v) is 7.19. The third-order valence-electron chi connectivity index (χ3n) is 6.34. The maximum atomic E-state index is 12.4. The molecule has 0 bridgehead atoms. The van der Waals surface area contributed by atoms with Crippen LogP contribution in [0.3, 0.4) is 0 Å². The van der Waals surface area contributed by atoms with Crippen molar-refractivity contribution in [3.8, 4) is 0 Å². The van der Waals surface area contributed by atoms with Crippen LogP contribution in [-0.4, -0.2) is 5.78 Å². The molecule has 0 spiro atoms. The zero-order valence-electron chi connectivity index (χ0n) is 12.8. The van der Waals surface area contributed by atoms with Crippen LogP contribution in [0.4, 0.5) is 0 Å². The molecule has 0 saturated carbocycles. The summed E-state index contributed by atoms with van der Waals surface area (Å²) in [5, 5.41) is 0. The van der Waals surface area contributed by atoms with Crippen LogP contribution >= 0.6 is 0 Å². The predicted molar refractivity (Wildman–Crippen MR) is 78.7 cm³/mol. The summed E-state index contributed by atoms with van der Waals surface area (Å²) in [6, 6.07) is 4.75. The van der Waals surface area contributed by atoms with Crippen LogP contribution in [0.2, 0.25) is 0 Å². The molecule has 1 heteroatoms. The van der Waals surface area contributed by atoms with Crippen molar-refractivity contribution < 1.29 is 4.79 Å². The van der Waals surface area contributed by atoms with Crippen molar-refractivity contribution in [2.75, 3.05) is 0 Å². The number of hydrogen-bond acceptors (Lipinski definition) is 1. The molecule has 1 aromatic carbocycles. The highest BCUT2D eigenvalue weighted by Crippen LogP contribution is 2.59. The third-order valence-corrected chi connectivity index (χ3v) is 6.34. The Balaban J connectivity index is 2.29. The summed E-state index contributed by atoms with van der Waals surface area (Å²) >= 11 is 0. The Bertz CT molecular complexity index is 567. The molecule has 1 nitrogen and oxygen atoms in total. The number of benzene rings is 1. The average molecular weight is 256 g/mol. The molecule has 2 atom stereocenters. The molecule has 0 radical (unpaired) electrons. The first-order valence-electron chi connectivity index (χ1n) is 7.47. The van der Waals surface area contributed by atoms with E-state index in [9.17, 15) is 4.79 Å². The Morgan fingerprint density at radius 2 is 1.74 bits per heavy atom. The van der Waals surface area contributed by atoms with Gasteiger partial charge >= 0.3 is 0 Å². The molecule has 0 saturated heterocycles. The van der Waals surface area contributed by atoms with Crippen LogP contribution in [0.15, 0.2) is 12.1 Å². The second kappa shape index (κ2) is 3.71. The Kier molecular flexibility index (Phi) is 2.52. The van der Waals surface area contributed by atoms with Crippen molar-refractivity contribution in [1.29, 1.82) is 0 Å². The summed E-state index contributed by atoms with van der Waals surface area (Å²) in [6.07, 6.45) is 3.67. The highest BCUT2D eigenvalue weighted by Gasteiger charge is 2.56. The lowest BCUT2D eigenvalue weighted by Gasteiger charge is -2.39. The fourth-order valence-corrected chi connectivity index (χ4v) is 4.25. The molecular formula is C18H24O. The van der Waals surface area contributed by atoms with E-state index >= 15 is 0 Å². The second-order valence-electron chi connectivity index (χ2n) is 7.19. The lowest BCUT2D eigenvalue weighted by Crippen LogP contribution is -2.42. The van der Waals surface area contributed by atoms with Gasteiger partial charge in [-0.25, -0.2) is 0 Å². The molecule has 2 aliphatic carbocycles. The number of Topliss-reactive ketones (excluding diaryl/α,β-unsaturated/α-hetero) is 1. The largest absolute Gasteiger partial charge is 0.299 e. The first-order valence-corrected chi connectivity index (χ1v) is 7.47. The first kappa shape index (κ1) is 12.9. The van der Waals surface area contributed by atoms with Crippen molar-refractivity contribution in [2.45, 2.75) is 65.2 Å². The number of aryl methyl sites for hydroxylation is 2. The summed E-state index contributed by atoms with van der Waals surface area (Å²) in [6.45, 7) is 10.7. The van der Waals surface area contributed by atoms with Gasteiger partial charge in [0.2, 0.25) is 0 Å². The number of rotatable bonds is 1. The van der Waals surface area contributed by atoms with Gasteiger partial charge in [0.05, 0.1) is 5.41 Å². The number of hydrogen-bond donors (Lipinski definition) is 0. The summed E-state index contributed by atoms with van der Waals surface area (Å²) < 4.78 is 0. The van der Waals surface area contributed by atoms with E-state index in [4.69, 9.17) is 0 Å². The minimum Gasteiger partial charge on any atom is -0.299 e. The molecular weight excluding hydrogens is 232 g/mol. The summed E-state index contributed by atoms with van der Waals surface area (Å²) in [5.74, 6) is 0.753. The Labute approximate surface area is 116 Å². The molecule has 0 aliphatic heterocycles. The number of carbonyl (C=O) groups excluding carboxylic acids is 1. The van der Waals surface area contributed by atoms with Gasteiger partial charge < -0.3 is 0 Å². The first-order chi connectivity index (χ1) is 8.80. The molecule has 102 valence electrons. The van der Waals surface area contributed by atoms with E-state index in [1.54, 1.807) is 6.92 Å². The van der Waals surface area contributed by atoms with E-state index in [0.717, 1.165) is 0 Å². The highest BCUT2D eigenvalue weighted by atomic mass is 16.1. The van der Waals surface area contributed by atoms with Gasteiger partial charge in [-0.05, 0) is 66.7 Å². The molecule has 1 aromatic rings. The Hall–Kier alpha value is -1.11. The van der Waals surface area contributed by atoms with Gasteiger partial charge in [-0.2, -0.15) is 0 Å².